The standard InChI is InChI=1S/C15H17FN2O4S/c1-9-15(10(2)22-17-9)23(20,21)18-8-13(19)7-14(18)11-4-3-5-12(16)6-11/h3-6,13-14,19H,7-8H2,1-2H3/t13-,14-/m0/s1. The Bertz CT molecular complexity index is 814. The van der Waals surface area contributed by atoms with Crippen molar-refractivity contribution >= 4 is 10.0 Å². The number of halogens is 1. The minimum Gasteiger partial charge on any atom is -0.392 e. The summed E-state index contributed by atoms with van der Waals surface area (Å²) < 4.78 is 45.6. The van der Waals surface area contributed by atoms with Crippen LogP contribution in [-0.2, 0) is 10.0 Å². The first-order valence-electron chi connectivity index (χ1n) is 7.19. The van der Waals surface area contributed by atoms with Crippen LogP contribution in [-0.4, -0.2) is 35.6 Å². The van der Waals surface area contributed by atoms with Gasteiger partial charge in [0.1, 0.15) is 16.4 Å². The number of sulfonamides is 1. The fourth-order valence-electron chi connectivity index (χ4n) is 3.03. The second-order valence-electron chi connectivity index (χ2n) is 5.69. The van der Waals surface area contributed by atoms with Gasteiger partial charge < -0.3 is 9.63 Å². The lowest BCUT2D eigenvalue weighted by Crippen LogP contribution is -2.32. The molecule has 2 aromatic rings. The van der Waals surface area contributed by atoms with Gasteiger partial charge in [-0.3, -0.25) is 0 Å². The highest BCUT2D eigenvalue weighted by molar-refractivity contribution is 7.89. The highest BCUT2D eigenvalue weighted by Crippen LogP contribution is 2.38. The average molecular weight is 340 g/mol. The van der Waals surface area contributed by atoms with Crippen LogP contribution in [0.5, 0.6) is 0 Å². The van der Waals surface area contributed by atoms with Crippen LogP contribution in [0, 0.1) is 19.7 Å². The average Bonchev–Trinajstić information content (AvgIpc) is 3.03. The SMILES string of the molecule is Cc1noc(C)c1S(=O)(=O)N1C[C@@H](O)C[C@H]1c1cccc(F)c1. The van der Waals surface area contributed by atoms with Crippen molar-refractivity contribution in [1.82, 2.24) is 9.46 Å². The van der Waals surface area contributed by atoms with Crippen molar-refractivity contribution in [1.29, 1.82) is 0 Å². The van der Waals surface area contributed by atoms with Crippen LogP contribution in [0.2, 0.25) is 0 Å². The number of aryl methyl sites for hydroxylation is 2. The smallest absolute Gasteiger partial charge is 0.249 e. The topological polar surface area (TPSA) is 83.6 Å². The molecule has 1 aromatic heterocycles. The lowest BCUT2D eigenvalue weighted by molar-refractivity contribution is 0.188. The predicted molar refractivity (Wildman–Crippen MR) is 79.6 cm³/mol. The van der Waals surface area contributed by atoms with Crippen molar-refractivity contribution in [3.05, 3.63) is 47.1 Å². The Morgan fingerprint density at radius 1 is 1.39 bits per heavy atom. The van der Waals surface area contributed by atoms with Gasteiger partial charge in [0.05, 0.1) is 12.1 Å². The molecule has 1 aliphatic rings. The second kappa shape index (κ2) is 5.70. The van der Waals surface area contributed by atoms with Crippen molar-refractivity contribution in [3.8, 4) is 0 Å². The van der Waals surface area contributed by atoms with Gasteiger partial charge in [0.25, 0.3) is 0 Å². The minimum atomic E-state index is -3.91. The Balaban J connectivity index is 2.06. The summed E-state index contributed by atoms with van der Waals surface area (Å²) in [6.07, 6.45) is -0.593. The van der Waals surface area contributed by atoms with Crippen LogP contribution < -0.4 is 0 Å². The first-order chi connectivity index (χ1) is 10.8. The van der Waals surface area contributed by atoms with Crippen molar-refractivity contribution in [3.63, 3.8) is 0 Å². The molecule has 0 bridgehead atoms. The van der Waals surface area contributed by atoms with E-state index < -0.39 is 28.0 Å². The molecule has 2 heterocycles. The first kappa shape index (κ1) is 16.1. The van der Waals surface area contributed by atoms with Crippen LogP contribution >= 0.6 is 0 Å². The van der Waals surface area contributed by atoms with E-state index in [2.05, 4.69) is 5.16 Å². The largest absolute Gasteiger partial charge is 0.392 e. The second-order valence-corrected chi connectivity index (χ2v) is 7.52. The molecular formula is C15H17FN2O4S. The molecule has 1 saturated heterocycles. The van der Waals surface area contributed by atoms with E-state index in [9.17, 15) is 17.9 Å². The number of β-amino-alcohol motifs (C(OH)–C–C–N with tert-alkyl or cyclic N) is 1. The van der Waals surface area contributed by atoms with Crippen LogP contribution in [0.1, 0.15) is 29.5 Å². The Hall–Kier alpha value is -1.77. The molecule has 0 aliphatic carbocycles. The van der Waals surface area contributed by atoms with Gasteiger partial charge in [-0.05, 0) is 38.0 Å². The zero-order chi connectivity index (χ0) is 16.8. The Morgan fingerprint density at radius 2 is 2.13 bits per heavy atom. The number of aliphatic hydroxyl groups excluding tert-OH is 1. The summed E-state index contributed by atoms with van der Waals surface area (Å²) in [6.45, 7) is 3.03. The molecule has 6 nitrogen and oxygen atoms in total. The van der Waals surface area contributed by atoms with Crippen molar-refractivity contribution in [2.24, 2.45) is 0 Å². The van der Waals surface area contributed by atoms with E-state index in [0.717, 1.165) is 0 Å². The van der Waals surface area contributed by atoms with Gasteiger partial charge in [0.2, 0.25) is 10.0 Å². The maximum atomic E-state index is 13.5. The normalized spacial score (nSPS) is 22.6. The summed E-state index contributed by atoms with van der Waals surface area (Å²) in [5, 5.41) is 13.6. The molecule has 1 aliphatic heterocycles. The third-order valence-corrected chi connectivity index (χ3v) is 6.12. The van der Waals surface area contributed by atoms with Crippen molar-refractivity contribution in [2.45, 2.75) is 37.3 Å². The molecule has 0 amide bonds. The zero-order valence-electron chi connectivity index (χ0n) is 12.7. The summed E-state index contributed by atoms with van der Waals surface area (Å²) in [7, 11) is -3.91. The quantitative estimate of drug-likeness (QED) is 0.923. The van der Waals surface area contributed by atoms with Crippen LogP contribution in [0.25, 0.3) is 0 Å². The third-order valence-electron chi connectivity index (χ3n) is 4.00. The van der Waals surface area contributed by atoms with Gasteiger partial charge in [-0.1, -0.05) is 17.3 Å². The van der Waals surface area contributed by atoms with E-state index in [-0.39, 0.29) is 29.3 Å². The Kier molecular flexibility index (Phi) is 3.99. The molecule has 0 saturated carbocycles. The summed E-state index contributed by atoms with van der Waals surface area (Å²) in [4.78, 5) is 0.00741. The molecule has 0 radical (unpaired) electrons. The molecule has 1 aromatic carbocycles. The number of nitrogens with zero attached hydrogens (tertiary/aromatic N) is 2. The molecule has 8 heteroatoms. The fourth-order valence-corrected chi connectivity index (χ4v) is 4.98. The van der Waals surface area contributed by atoms with Crippen LogP contribution in [0.3, 0.4) is 0 Å². The number of hydrogen-bond acceptors (Lipinski definition) is 5. The summed E-state index contributed by atoms with van der Waals surface area (Å²) in [5.74, 6) is -0.250. The number of aliphatic hydroxyl groups is 1. The molecule has 1 N–H and O–H groups in total. The molecule has 0 spiro atoms. The van der Waals surface area contributed by atoms with Gasteiger partial charge >= 0.3 is 0 Å². The van der Waals surface area contributed by atoms with E-state index >= 15 is 0 Å². The van der Waals surface area contributed by atoms with E-state index in [1.165, 1.54) is 29.4 Å². The molecule has 0 unspecified atom stereocenters. The van der Waals surface area contributed by atoms with Gasteiger partial charge in [-0.15, -0.1) is 0 Å². The predicted octanol–water partition coefficient (Wildman–Crippen LogP) is 1.93. The summed E-state index contributed by atoms with van der Waals surface area (Å²) in [6, 6.07) is 5.14. The highest BCUT2D eigenvalue weighted by Gasteiger charge is 2.42. The number of aromatic nitrogens is 1. The molecule has 124 valence electrons. The van der Waals surface area contributed by atoms with E-state index in [1.807, 2.05) is 0 Å². The Morgan fingerprint density at radius 3 is 2.74 bits per heavy atom. The molecule has 1 fully saturated rings. The first-order valence-corrected chi connectivity index (χ1v) is 8.63. The minimum absolute atomic E-state index is 0.00741. The van der Waals surface area contributed by atoms with Crippen LogP contribution in [0.4, 0.5) is 4.39 Å². The van der Waals surface area contributed by atoms with Crippen LogP contribution in [0.15, 0.2) is 33.7 Å². The number of benzene rings is 1. The van der Waals surface area contributed by atoms with Gasteiger partial charge in [0.15, 0.2) is 5.76 Å². The van der Waals surface area contributed by atoms with E-state index in [1.54, 1.807) is 13.0 Å². The van der Waals surface area contributed by atoms with Crippen molar-refractivity contribution < 1.29 is 22.4 Å². The number of rotatable bonds is 3. The van der Waals surface area contributed by atoms with Crippen molar-refractivity contribution in [2.75, 3.05) is 6.54 Å². The molecular weight excluding hydrogens is 323 g/mol. The van der Waals surface area contributed by atoms with Gasteiger partial charge in [0, 0.05) is 6.54 Å². The van der Waals surface area contributed by atoms with E-state index in [4.69, 9.17) is 4.52 Å². The molecule has 2 atom stereocenters. The molecule has 3 rings (SSSR count). The number of hydrogen-bond donors (Lipinski definition) is 1. The van der Waals surface area contributed by atoms with Gasteiger partial charge in [-0.2, -0.15) is 4.31 Å². The fraction of sp³-hybridized carbons (Fsp3) is 0.400. The third kappa shape index (κ3) is 2.77. The Labute approximate surface area is 133 Å². The maximum absolute atomic E-state index is 13.5. The maximum Gasteiger partial charge on any atom is 0.249 e. The van der Waals surface area contributed by atoms with Gasteiger partial charge in [-0.25, -0.2) is 12.8 Å². The highest BCUT2D eigenvalue weighted by atomic mass is 32.2. The lowest BCUT2D eigenvalue weighted by atomic mass is 10.0. The van der Waals surface area contributed by atoms with E-state index in [0.29, 0.717) is 5.56 Å². The summed E-state index contributed by atoms with van der Waals surface area (Å²) >= 11 is 0. The monoisotopic (exact) mass is 340 g/mol. The lowest BCUT2D eigenvalue weighted by Gasteiger charge is -2.24. The zero-order valence-corrected chi connectivity index (χ0v) is 13.5. The molecule has 23 heavy (non-hydrogen) atoms. The summed E-state index contributed by atoms with van der Waals surface area (Å²) in [5.41, 5.74) is 0.777.